The van der Waals surface area contributed by atoms with Gasteiger partial charge in [0, 0.05) is 7.05 Å². The molecule has 0 N–H and O–H groups in total. The molecule has 0 radical (unpaired) electrons. The normalized spacial score (nSPS) is 12.1. The van der Waals surface area contributed by atoms with E-state index in [0.29, 0.717) is 0 Å². The van der Waals surface area contributed by atoms with Crippen LogP contribution in [0, 0.1) is 13.8 Å². The Labute approximate surface area is 223 Å². The van der Waals surface area contributed by atoms with Crippen LogP contribution in [-0.2, 0) is 7.05 Å². The number of imidazole rings is 2. The fourth-order valence-electron chi connectivity index (χ4n) is 6.29. The number of aryl methyl sites for hydroxylation is 3. The van der Waals surface area contributed by atoms with Crippen LogP contribution >= 0.6 is 0 Å². The van der Waals surface area contributed by atoms with E-state index in [1.54, 1.807) is 0 Å². The van der Waals surface area contributed by atoms with Crippen LogP contribution in [0.2, 0.25) is 0 Å². The first-order valence-electron chi connectivity index (χ1n) is 13.1. The average Bonchev–Trinajstić information content (AvgIpc) is 3.46. The van der Waals surface area contributed by atoms with E-state index < -0.39 is 8.07 Å². The van der Waals surface area contributed by atoms with Gasteiger partial charge in [0.15, 0.2) is 8.07 Å². The van der Waals surface area contributed by atoms with Crippen molar-refractivity contribution in [2.75, 3.05) is 0 Å². The molecule has 184 valence electrons. The second-order valence-electron chi connectivity index (χ2n) is 10.3. The molecule has 4 heteroatoms. The van der Waals surface area contributed by atoms with Crippen LogP contribution in [0.15, 0.2) is 121 Å². The Morgan fingerprint density at radius 3 is 1.63 bits per heavy atom. The molecule has 2 heterocycles. The second-order valence-corrected chi connectivity index (χ2v) is 14.1. The van der Waals surface area contributed by atoms with Gasteiger partial charge in [0.2, 0.25) is 5.78 Å². The first-order valence-corrected chi connectivity index (χ1v) is 15.1. The maximum absolute atomic E-state index is 5.43. The molecule has 0 aliphatic heterocycles. The van der Waals surface area contributed by atoms with Crippen molar-refractivity contribution in [2.45, 2.75) is 13.8 Å². The summed E-state index contributed by atoms with van der Waals surface area (Å²) >= 11 is 0. The Bertz CT molecular complexity index is 1840. The average molecular weight is 508 g/mol. The molecule has 0 unspecified atom stereocenters. The molecule has 5 aromatic carbocycles. The van der Waals surface area contributed by atoms with Crippen LogP contribution in [0.1, 0.15) is 11.1 Å². The summed E-state index contributed by atoms with van der Waals surface area (Å²) in [5.41, 5.74) is 7.16. The van der Waals surface area contributed by atoms with Gasteiger partial charge in [0.1, 0.15) is 0 Å². The van der Waals surface area contributed by atoms with Crippen molar-refractivity contribution in [3.8, 4) is 0 Å². The van der Waals surface area contributed by atoms with Crippen LogP contribution < -0.4 is 20.7 Å². The third kappa shape index (κ3) is 3.17. The molecule has 0 aliphatic rings. The molecule has 0 amide bonds. The summed E-state index contributed by atoms with van der Waals surface area (Å²) < 4.78 is 4.58. The van der Waals surface area contributed by atoms with E-state index in [-0.39, 0.29) is 0 Å². The molecule has 0 fully saturated rings. The van der Waals surface area contributed by atoms with E-state index in [1.165, 1.54) is 48.4 Å². The Morgan fingerprint density at radius 2 is 1.08 bits per heavy atom. The van der Waals surface area contributed by atoms with Crippen LogP contribution in [0.3, 0.4) is 0 Å². The smallest absolute Gasteiger partial charge is 0.215 e. The van der Waals surface area contributed by atoms with Gasteiger partial charge >= 0.3 is 0 Å². The Morgan fingerprint density at radius 1 is 0.553 bits per heavy atom. The Kier molecular flexibility index (Phi) is 5.13. The van der Waals surface area contributed by atoms with Crippen molar-refractivity contribution in [3.05, 3.63) is 132 Å². The SMILES string of the molecule is Cc1cc([Si](c2ccccc2)(c2ccccc2)c2ccccc2)c2nc3n(C)c4ccc(C)cc4n3c2c1. The first-order chi connectivity index (χ1) is 18.6. The lowest BCUT2D eigenvalue weighted by Gasteiger charge is -2.34. The third-order valence-corrected chi connectivity index (χ3v) is 12.7. The second kappa shape index (κ2) is 8.57. The number of hydrogen-bond donors (Lipinski definition) is 0. The van der Waals surface area contributed by atoms with Gasteiger partial charge in [-0.2, -0.15) is 0 Å². The molecule has 3 nitrogen and oxygen atoms in total. The molecule has 0 atom stereocenters. The third-order valence-electron chi connectivity index (χ3n) is 7.94. The molecule has 0 bridgehead atoms. The number of benzene rings is 5. The molecule has 7 aromatic rings. The highest BCUT2D eigenvalue weighted by atomic mass is 28.3. The van der Waals surface area contributed by atoms with Crippen molar-refractivity contribution >= 4 is 56.7 Å². The molecule has 0 spiro atoms. The summed E-state index contributed by atoms with van der Waals surface area (Å²) in [5.74, 6) is 0.976. The molecule has 0 saturated carbocycles. The van der Waals surface area contributed by atoms with E-state index in [9.17, 15) is 0 Å². The van der Waals surface area contributed by atoms with Crippen LogP contribution in [0.25, 0.3) is 27.8 Å². The summed E-state index contributed by atoms with van der Waals surface area (Å²) in [5, 5.41) is 5.42. The molecular weight excluding hydrogens is 478 g/mol. The van der Waals surface area contributed by atoms with Crippen LogP contribution in [-0.4, -0.2) is 22.0 Å². The summed E-state index contributed by atoms with van der Waals surface area (Å²) in [4.78, 5) is 5.43. The minimum atomic E-state index is -2.71. The van der Waals surface area contributed by atoms with Crippen molar-refractivity contribution in [1.29, 1.82) is 0 Å². The maximum Gasteiger partial charge on any atom is 0.215 e. The zero-order valence-corrected chi connectivity index (χ0v) is 22.9. The van der Waals surface area contributed by atoms with Crippen molar-refractivity contribution in [3.63, 3.8) is 0 Å². The number of fused-ring (bicyclic) bond motifs is 5. The van der Waals surface area contributed by atoms with Crippen LogP contribution in [0.5, 0.6) is 0 Å². The first kappa shape index (κ1) is 22.8. The summed E-state index contributed by atoms with van der Waals surface area (Å²) in [6.07, 6.45) is 0. The summed E-state index contributed by atoms with van der Waals surface area (Å²) in [6.45, 7) is 4.38. The Balaban J connectivity index is 1.71. The number of aromatic nitrogens is 3. The lowest BCUT2D eigenvalue weighted by Crippen LogP contribution is -2.75. The van der Waals surface area contributed by atoms with Crippen molar-refractivity contribution < 1.29 is 0 Å². The quantitative estimate of drug-likeness (QED) is 0.244. The zero-order chi connectivity index (χ0) is 25.9. The molecule has 7 rings (SSSR count). The van der Waals surface area contributed by atoms with Gasteiger partial charge in [0.25, 0.3) is 0 Å². The fraction of sp³-hybridized carbons (Fsp3) is 0.0882. The topological polar surface area (TPSA) is 22.2 Å². The van der Waals surface area contributed by atoms with Gasteiger partial charge in [-0.05, 0) is 63.9 Å². The van der Waals surface area contributed by atoms with Gasteiger partial charge in [-0.3, -0.25) is 4.40 Å². The van der Waals surface area contributed by atoms with Gasteiger partial charge in [-0.1, -0.05) is 103 Å². The van der Waals surface area contributed by atoms with Gasteiger partial charge in [-0.15, -0.1) is 0 Å². The minimum Gasteiger partial charge on any atom is -0.313 e. The number of hydrogen-bond acceptors (Lipinski definition) is 1. The highest BCUT2D eigenvalue weighted by molar-refractivity contribution is 7.20. The number of nitrogens with zero attached hydrogens (tertiary/aromatic N) is 3. The minimum absolute atomic E-state index is 0.976. The van der Waals surface area contributed by atoms with Crippen molar-refractivity contribution in [2.24, 2.45) is 7.05 Å². The monoisotopic (exact) mass is 507 g/mol. The van der Waals surface area contributed by atoms with E-state index in [4.69, 9.17) is 4.98 Å². The lowest BCUT2D eigenvalue weighted by atomic mass is 10.2. The fourth-order valence-corrected chi connectivity index (χ4v) is 11.3. The van der Waals surface area contributed by atoms with E-state index in [0.717, 1.165) is 11.3 Å². The molecule has 38 heavy (non-hydrogen) atoms. The summed E-state index contributed by atoms with van der Waals surface area (Å²) in [6, 6.07) is 44.7. The zero-order valence-electron chi connectivity index (χ0n) is 21.9. The Hall–Kier alpha value is -4.41. The largest absolute Gasteiger partial charge is 0.313 e. The van der Waals surface area contributed by atoms with E-state index in [2.05, 4.69) is 151 Å². The van der Waals surface area contributed by atoms with Crippen molar-refractivity contribution in [1.82, 2.24) is 14.0 Å². The highest BCUT2D eigenvalue weighted by Crippen LogP contribution is 2.27. The van der Waals surface area contributed by atoms with E-state index >= 15 is 0 Å². The standard InChI is InChI=1S/C34H29N3Si/c1-24-19-20-29-30(21-24)37-31-22-25(2)23-32(33(31)35-34(37)36(29)3)38(26-13-7-4-8-14-26,27-15-9-5-10-16-27)28-17-11-6-12-18-28/h4-23H,1-3H3. The predicted molar refractivity (Wildman–Crippen MR) is 162 cm³/mol. The maximum atomic E-state index is 5.43. The highest BCUT2D eigenvalue weighted by Gasteiger charge is 2.43. The van der Waals surface area contributed by atoms with Crippen LogP contribution in [0.4, 0.5) is 0 Å². The molecule has 0 aliphatic carbocycles. The van der Waals surface area contributed by atoms with Gasteiger partial charge < -0.3 is 4.57 Å². The van der Waals surface area contributed by atoms with Gasteiger partial charge in [-0.25, -0.2) is 4.98 Å². The number of rotatable bonds is 4. The molecule has 2 aromatic heterocycles. The molecule has 0 saturated heterocycles. The van der Waals surface area contributed by atoms with Gasteiger partial charge in [0.05, 0.1) is 22.1 Å². The lowest BCUT2D eigenvalue weighted by molar-refractivity contribution is 0.973. The summed E-state index contributed by atoms with van der Waals surface area (Å²) in [7, 11) is -0.586. The van der Waals surface area contributed by atoms with E-state index in [1.807, 2.05) is 0 Å². The predicted octanol–water partition coefficient (Wildman–Crippen LogP) is 4.97. The molecular formula is C34H29N3Si.